The van der Waals surface area contributed by atoms with E-state index in [1.165, 1.54) is 10.8 Å². The summed E-state index contributed by atoms with van der Waals surface area (Å²) in [5.41, 5.74) is 1.01. The largest absolute Gasteiger partial charge is 0.315 e. The molecule has 5 heteroatoms. The number of nitriles is 2. The molecule has 0 N–H and O–H groups in total. The predicted molar refractivity (Wildman–Crippen MR) is 62.4 cm³/mol. The lowest BCUT2D eigenvalue weighted by molar-refractivity contribution is 0.0971. The van der Waals surface area contributed by atoms with Crippen molar-refractivity contribution in [2.24, 2.45) is 0 Å². The predicted octanol–water partition coefficient (Wildman–Crippen LogP) is 1.51. The van der Waals surface area contributed by atoms with Gasteiger partial charge in [0.25, 0.3) is 0 Å². The molecule has 2 rings (SSSR count). The van der Waals surface area contributed by atoms with E-state index >= 15 is 0 Å². The molecule has 0 fully saturated rings. The summed E-state index contributed by atoms with van der Waals surface area (Å²) in [6.45, 7) is 0.0643. The first-order chi connectivity index (χ1) is 8.74. The molecule has 0 spiro atoms. The molecule has 5 nitrogen and oxygen atoms in total. The van der Waals surface area contributed by atoms with E-state index in [1.54, 1.807) is 30.5 Å². The van der Waals surface area contributed by atoms with Crippen molar-refractivity contribution in [2.45, 2.75) is 6.54 Å². The van der Waals surface area contributed by atoms with Crippen LogP contribution in [0.25, 0.3) is 0 Å². The van der Waals surface area contributed by atoms with Crippen molar-refractivity contribution in [3.05, 3.63) is 53.6 Å². The lowest BCUT2D eigenvalue weighted by Gasteiger charge is -2.03. The third kappa shape index (κ3) is 2.26. The van der Waals surface area contributed by atoms with E-state index in [1.807, 2.05) is 12.1 Å². The fraction of sp³-hybridized carbons (Fsp3) is 0.0769. The Morgan fingerprint density at radius 1 is 1.22 bits per heavy atom. The molecule has 1 aromatic carbocycles. The van der Waals surface area contributed by atoms with Gasteiger partial charge in [0.2, 0.25) is 5.82 Å². The van der Waals surface area contributed by atoms with Crippen LogP contribution in [0.2, 0.25) is 0 Å². The van der Waals surface area contributed by atoms with Gasteiger partial charge in [-0.1, -0.05) is 12.1 Å². The van der Waals surface area contributed by atoms with E-state index in [9.17, 15) is 4.79 Å². The average molecular weight is 236 g/mol. The Morgan fingerprint density at radius 2 is 1.94 bits per heavy atom. The highest BCUT2D eigenvalue weighted by Gasteiger charge is 2.09. The van der Waals surface area contributed by atoms with Gasteiger partial charge in [-0.05, 0) is 12.1 Å². The minimum absolute atomic E-state index is 0.0643. The summed E-state index contributed by atoms with van der Waals surface area (Å²) in [5.74, 6) is 0.0750. The molecule has 0 aliphatic rings. The van der Waals surface area contributed by atoms with E-state index < -0.39 is 0 Å². The molecule has 0 atom stereocenters. The molecule has 0 saturated carbocycles. The summed E-state index contributed by atoms with van der Waals surface area (Å²) in [6, 6.07) is 10.3. The minimum atomic E-state index is -0.131. The van der Waals surface area contributed by atoms with Crippen molar-refractivity contribution in [1.29, 1.82) is 10.5 Å². The molecule has 0 radical (unpaired) electrons. The van der Waals surface area contributed by atoms with Crippen LogP contribution in [0.5, 0.6) is 0 Å². The van der Waals surface area contributed by atoms with E-state index in [0.717, 1.165) is 0 Å². The molecule has 0 aliphatic heterocycles. The van der Waals surface area contributed by atoms with E-state index in [4.69, 9.17) is 10.5 Å². The van der Waals surface area contributed by atoms with Crippen LogP contribution in [0.3, 0.4) is 0 Å². The van der Waals surface area contributed by atoms with E-state index in [2.05, 4.69) is 4.98 Å². The number of ketones is 1. The average Bonchev–Trinajstić information content (AvgIpc) is 2.86. The summed E-state index contributed by atoms with van der Waals surface area (Å²) in [7, 11) is 0. The van der Waals surface area contributed by atoms with Gasteiger partial charge >= 0.3 is 0 Å². The number of rotatable bonds is 3. The fourth-order valence-corrected chi connectivity index (χ4v) is 1.53. The van der Waals surface area contributed by atoms with Crippen LogP contribution < -0.4 is 0 Å². The second kappa shape index (κ2) is 4.94. The Morgan fingerprint density at radius 3 is 2.56 bits per heavy atom. The van der Waals surface area contributed by atoms with Crippen LogP contribution >= 0.6 is 0 Å². The Bertz CT molecular complexity index is 656. The van der Waals surface area contributed by atoms with Gasteiger partial charge in [0.1, 0.15) is 6.07 Å². The monoisotopic (exact) mass is 236 g/mol. The Kier molecular flexibility index (Phi) is 3.17. The molecule has 0 bridgehead atoms. The summed E-state index contributed by atoms with van der Waals surface area (Å²) < 4.78 is 1.49. The van der Waals surface area contributed by atoms with Crippen LogP contribution in [-0.4, -0.2) is 15.3 Å². The maximum absolute atomic E-state index is 11.9. The number of benzene rings is 1. The zero-order valence-electron chi connectivity index (χ0n) is 9.37. The topological polar surface area (TPSA) is 82.5 Å². The van der Waals surface area contributed by atoms with Gasteiger partial charge < -0.3 is 4.57 Å². The van der Waals surface area contributed by atoms with Crippen LogP contribution in [-0.2, 0) is 6.54 Å². The number of nitrogens with zero attached hydrogens (tertiary/aromatic N) is 4. The Labute approximate surface area is 104 Å². The van der Waals surface area contributed by atoms with Crippen molar-refractivity contribution in [3.8, 4) is 12.1 Å². The van der Waals surface area contributed by atoms with Crippen LogP contribution in [0, 0.1) is 22.7 Å². The second-order valence-electron chi connectivity index (χ2n) is 3.60. The van der Waals surface area contributed by atoms with Crippen LogP contribution in [0.4, 0.5) is 0 Å². The third-order valence-electron chi connectivity index (χ3n) is 2.47. The van der Waals surface area contributed by atoms with Crippen molar-refractivity contribution < 1.29 is 4.79 Å². The fourth-order valence-electron chi connectivity index (χ4n) is 1.53. The zero-order chi connectivity index (χ0) is 13.0. The first kappa shape index (κ1) is 11.6. The van der Waals surface area contributed by atoms with Crippen molar-refractivity contribution in [3.63, 3.8) is 0 Å². The molecule has 18 heavy (non-hydrogen) atoms. The van der Waals surface area contributed by atoms with Crippen molar-refractivity contribution in [1.82, 2.24) is 9.55 Å². The first-order valence-electron chi connectivity index (χ1n) is 5.19. The Balaban J connectivity index is 2.18. The smallest absolute Gasteiger partial charge is 0.213 e. The summed E-state index contributed by atoms with van der Waals surface area (Å²) >= 11 is 0. The van der Waals surface area contributed by atoms with E-state index in [-0.39, 0.29) is 18.2 Å². The molecule has 0 unspecified atom stereocenters. The van der Waals surface area contributed by atoms with Gasteiger partial charge in [0.05, 0.1) is 18.2 Å². The lowest BCUT2D eigenvalue weighted by atomic mass is 10.1. The zero-order valence-corrected chi connectivity index (χ0v) is 9.37. The highest BCUT2D eigenvalue weighted by molar-refractivity contribution is 5.96. The molecular formula is C13H8N4O. The number of hydrogen-bond donors (Lipinski definition) is 0. The summed E-state index contributed by atoms with van der Waals surface area (Å²) in [6.07, 6.45) is 3.06. The molecule has 86 valence electrons. The molecular weight excluding hydrogens is 228 g/mol. The van der Waals surface area contributed by atoms with Gasteiger partial charge in [-0.2, -0.15) is 10.5 Å². The molecule has 0 saturated heterocycles. The maximum Gasteiger partial charge on any atom is 0.213 e. The quantitative estimate of drug-likeness (QED) is 0.756. The van der Waals surface area contributed by atoms with E-state index in [0.29, 0.717) is 11.1 Å². The number of hydrogen-bond acceptors (Lipinski definition) is 4. The maximum atomic E-state index is 11.9. The summed E-state index contributed by atoms with van der Waals surface area (Å²) in [5, 5.41) is 17.4. The lowest BCUT2D eigenvalue weighted by Crippen LogP contribution is -2.11. The SMILES string of the molecule is N#Cc1ccc(C(=O)Cn2ccnc2C#N)cc1. The number of Topliss-reactive ketones (excluding diaryl/α,β-unsaturated/α-hetero) is 1. The number of imidazole rings is 1. The number of carbonyl (C=O) groups is 1. The Hall–Kier alpha value is -2.92. The highest BCUT2D eigenvalue weighted by Crippen LogP contribution is 2.06. The van der Waals surface area contributed by atoms with Crippen molar-refractivity contribution in [2.75, 3.05) is 0 Å². The molecule has 1 heterocycles. The van der Waals surface area contributed by atoms with Gasteiger partial charge in [-0.25, -0.2) is 4.98 Å². The third-order valence-corrected chi connectivity index (χ3v) is 2.47. The van der Waals surface area contributed by atoms with Gasteiger partial charge in [-0.3, -0.25) is 4.79 Å². The van der Waals surface area contributed by atoms with Crippen molar-refractivity contribution >= 4 is 5.78 Å². The standard InChI is InChI=1S/C13H8N4O/c14-7-10-1-3-11(4-2-10)12(18)9-17-6-5-16-13(17)8-15/h1-6H,9H2. The summed E-state index contributed by atoms with van der Waals surface area (Å²) in [4.78, 5) is 15.8. The number of carbonyl (C=O) groups excluding carboxylic acids is 1. The molecule has 0 aliphatic carbocycles. The van der Waals surface area contributed by atoms with Crippen LogP contribution in [0.15, 0.2) is 36.7 Å². The second-order valence-corrected chi connectivity index (χ2v) is 3.60. The number of aromatic nitrogens is 2. The van der Waals surface area contributed by atoms with Gasteiger partial charge in [0, 0.05) is 18.0 Å². The molecule has 1 aromatic heterocycles. The normalized spacial score (nSPS) is 9.44. The van der Waals surface area contributed by atoms with Crippen LogP contribution in [0.1, 0.15) is 21.7 Å². The minimum Gasteiger partial charge on any atom is -0.315 e. The van der Waals surface area contributed by atoms with Gasteiger partial charge in [0.15, 0.2) is 5.78 Å². The van der Waals surface area contributed by atoms with Gasteiger partial charge in [-0.15, -0.1) is 0 Å². The molecule has 2 aromatic rings. The first-order valence-corrected chi connectivity index (χ1v) is 5.19. The molecule has 0 amide bonds. The highest BCUT2D eigenvalue weighted by atomic mass is 16.1.